The van der Waals surface area contributed by atoms with Crippen LogP contribution in [-0.4, -0.2) is 38.6 Å². The standard InChI is InChI=1S/C13H22N2O3S/c1-4-19(16,17)9-5-8-18-13-7-6-11(2)15-12(13)10-14-3/h6-7,14H,4-5,8-10H2,1-3H3. The van der Waals surface area contributed by atoms with Crippen molar-refractivity contribution in [2.45, 2.75) is 26.8 Å². The zero-order valence-electron chi connectivity index (χ0n) is 11.8. The molecule has 108 valence electrons. The van der Waals surface area contributed by atoms with Crippen LogP contribution >= 0.6 is 0 Å². The van der Waals surface area contributed by atoms with E-state index in [1.807, 2.05) is 26.1 Å². The van der Waals surface area contributed by atoms with E-state index in [0.29, 0.717) is 25.3 Å². The van der Waals surface area contributed by atoms with Crippen LogP contribution in [0.25, 0.3) is 0 Å². The molecule has 0 fully saturated rings. The molecule has 0 bridgehead atoms. The van der Waals surface area contributed by atoms with E-state index in [1.54, 1.807) is 6.92 Å². The second-order valence-electron chi connectivity index (χ2n) is 4.37. The van der Waals surface area contributed by atoms with Crippen LogP contribution in [0.1, 0.15) is 24.7 Å². The molecule has 0 aliphatic carbocycles. The molecule has 0 radical (unpaired) electrons. The van der Waals surface area contributed by atoms with E-state index < -0.39 is 9.84 Å². The molecule has 0 saturated carbocycles. The summed E-state index contributed by atoms with van der Waals surface area (Å²) < 4.78 is 28.3. The first-order valence-corrected chi connectivity index (χ1v) is 8.25. The number of nitrogens with one attached hydrogen (secondary N) is 1. The summed E-state index contributed by atoms with van der Waals surface area (Å²) in [6, 6.07) is 3.76. The van der Waals surface area contributed by atoms with Gasteiger partial charge in [0.15, 0.2) is 0 Å². The van der Waals surface area contributed by atoms with Gasteiger partial charge in [0.05, 0.1) is 18.1 Å². The quantitative estimate of drug-likeness (QED) is 0.730. The van der Waals surface area contributed by atoms with Crippen molar-refractivity contribution in [3.63, 3.8) is 0 Å². The lowest BCUT2D eigenvalue weighted by Crippen LogP contribution is -2.13. The van der Waals surface area contributed by atoms with Gasteiger partial charge < -0.3 is 10.1 Å². The van der Waals surface area contributed by atoms with E-state index in [1.165, 1.54) is 0 Å². The van der Waals surface area contributed by atoms with E-state index in [9.17, 15) is 8.42 Å². The van der Waals surface area contributed by atoms with Gasteiger partial charge in [-0.15, -0.1) is 0 Å². The molecule has 1 aromatic heterocycles. The van der Waals surface area contributed by atoms with Gasteiger partial charge in [-0.25, -0.2) is 8.42 Å². The largest absolute Gasteiger partial charge is 0.492 e. The zero-order chi connectivity index (χ0) is 14.3. The minimum Gasteiger partial charge on any atom is -0.492 e. The molecule has 0 atom stereocenters. The molecule has 1 rings (SSSR count). The van der Waals surface area contributed by atoms with Crippen molar-refractivity contribution in [3.05, 3.63) is 23.5 Å². The van der Waals surface area contributed by atoms with Gasteiger partial charge in [0.1, 0.15) is 15.6 Å². The third kappa shape index (κ3) is 5.57. The zero-order valence-corrected chi connectivity index (χ0v) is 12.6. The molecule has 1 heterocycles. The molecule has 0 saturated heterocycles. The molecule has 0 aromatic carbocycles. The number of rotatable bonds is 8. The number of hydrogen-bond acceptors (Lipinski definition) is 5. The van der Waals surface area contributed by atoms with Crippen molar-refractivity contribution in [3.8, 4) is 5.75 Å². The first-order valence-electron chi connectivity index (χ1n) is 6.43. The van der Waals surface area contributed by atoms with Crippen LogP contribution in [0.4, 0.5) is 0 Å². The lowest BCUT2D eigenvalue weighted by molar-refractivity contribution is 0.312. The summed E-state index contributed by atoms with van der Waals surface area (Å²) in [5.41, 5.74) is 1.78. The third-order valence-electron chi connectivity index (χ3n) is 2.71. The van der Waals surface area contributed by atoms with E-state index in [2.05, 4.69) is 10.3 Å². The van der Waals surface area contributed by atoms with Crippen LogP contribution in [0.15, 0.2) is 12.1 Å². The molecule has 0 unspecified atom stereocenters. The highest BCUT2D eigenvalue weighted by Gasteiger charge is 2.08. The Labute approximate surface area is 115 Å². The van der Waals surface area contributed by atoms with E-state index in [4.69, 9.17) is 4.74 Å². The highest BCUT2D eigenvalue weighted by atomic mass is 32.2. The van der Waals surface area contributed by atoms with Crippen molar-refractivity contribution in [1.82, 2.24) is 10.3 Å². The molecule has 19 heavy (non-hydrogen) atoms. The molecular formula is C13H22N2O3S. The Bertz CT molecular complexity index is 501. The Balaban J connectivity index is 2.53. The van der Waals surface area contributed by atoms with Gasteiger partial charge in [-0.05, 0) is 32.5 Å². The summed E-state index contributed by atoms with van der Waals surface area (Å²) >= 11 is 0. The number of hydrogen-bond donors (Lipinski definition) is 1. The van der Waals surface area contributed by atoms with Gasteiger partial charge in [0.25, 0.3) is 0 Å². The normalized spacial score (nSPS) is 11.5. The summed E-state index contributed by atoms with van der Waals surface area (Å²) in [4.78, 5) is 4.40. The van der Waals surface area contributed by atoms with E-state index >= 15 is 0 Å². The van der Waals surface area contributed by atoms with Gasteiger partial charge >= 0.3 is 0 Å². The average molecular weight is 286 g/mol. The van der Waals surface area contributed by atoms with Crippen molar-refractivity contribution in [2.24, 2.45) is 0 Å². The molecule has 6 heteroatoms. The Morgan fingerprint density at radius 3 is 2.74 bits per heavy atom. The summed E-state index contributed by atoms with van der Waals surface area (Å²) in [7, 11) is -1.06. The lowest BCUT2D eigenvalue weighted by Gasteiger charge is -2.11. The lowest BCUT2D eigenvalue weighted by atomic mass is 10.3. The molecule has 0 amide bonds. The van der Waals surface area contributed by atoms with Crippen LogP contribution in [-0.2, 0) is 16.4 Å². The van der Waals surface area contributed by atoms with Gasteiger partial charge in [-0.1, -0.05) is 6.92 Å². The Morgan fingerprint density at radius 2 is 2.11 bits per heavy atom. The fourth-order valence-electron chi connectivity index (χ4n) is 1.63. The maximum atomic E-state index is 11.3. The number of ether oxygens (including phenoxy) is 1. The summed E-state index contributed by atoms with van der Waals surface area (Å²) in [5, 5.41) is 3.04. The van der Waals surface area contributed by atoms with Crippen molar-refractivity contribution >= 4 is 9.84 Å². The van der Waals surface area contributed by atoms with Crippen molar-refractivity contribution in [2.75, 3.05) is 25.2 Å². The van der Waals surface area contributed by atoms with Crippen LogP contribution < -0.4 is 10.1 Å². The van der Waals surface area contributed by atoms with Gasteiger partial charge in [-0.3, -0.25) is 4.98 Å². The first kappa shape index (κ1) is 15.9. The minimum atomic E-state index is -2.91. The second kappa shape index (κ2) is 7.45. The minimum absolute atomic E-state index is 0.171. The maximum absolute atomic E-state index is 11.3. The predicted octanol–water partition coefficient (Wildman–Crippen LogP) is 1.31. The predicted molar refractivity (Wildman–Crippen MR) is 76.2 cm³/mol. The third-order valence-corrected chi connectivity index (χ3v) is 4.50. The van der Waals surface area contributed by atoms with Gasteiger partial charge in [0, 0.05) is 18.0 Å². The van der Waals surface area contributed by atoms with Crippen LogP contribution in [0.2, 0.25) is 0 Å². The van der Waals surface area contributed by atoms with Crippen molar-refractivity contribution in [1.29, 1.82) is 0 Å². The van der Waals surface area contributed by atoms with Crippen molar-refractivity contribution < 1.29 is 13.2 Å². The van der Waals surface area contributed by atoms with Gasteiger partial charge in [-0.2, -0.15) is 0 Å². The molecule has 5 nitrogen and oxygen atoms in total. The number of pyridine rings is 1. The molecule has 0 spiro atoms. The average Bonchev–Trinajstić information content (AvgIpc) is 2.37. The maximum Gasteiger partial charge on any atom is 0.150 e. The first-order chi connectivity index (χ1) is 8.98. The van der Waals surface area contributed by atoms with E-state index in [0.717, 1.165) is 11.4 Å². The second-order valence-corrected chi connectivity index (χ2v) is 6.84. The monoisotopic (exact) mass is 286 g/mol. The van der Waals surface area contributed by atoms with Gasteiger partial charge in [0.2, 0.25) is 0 Å². The Hall–Kier alpha value is -1.14. The Kier molecular flexibility index (Phi) is 6.24. The molecular weight excluding hydrogens is 264 g/mol. The number of nitrogens with zero attached hydrogens (tertiary/aromatic N) is 1. The smallest absolute Gasteiger partial charge is 0.150 e. The fraction of sp³-hybridized carbons (Fsp3) is 0.615. The highest BCUT2D eigenvalue weighted by molar-refractivity contribution is 7.91. The molecule has 0 aliphatic rings. The SMILES string of the molecule is CCS(=O)(=O)CCCOc1ccc(C)nc1CNC. The van der Waals surface area contributed by atoms with E-state index in [-0.39, 0.29) is 11.5 Å². The molecule has 1 aromatic rings. The number of sulfone groups is 1. The van der Waals surface area contributed by atoms with Crippen LogP contribution in [0.5, 0.6) is 5.75 Å². The summed E-state index contributed by atoms with van der Waals surface area (Å²) in [6.45, 7) is 4.60. The number of aryl methyl sites for hydroxylation is 1. The number of aromatic nitrogens is 1. The van der Waals surface area contributed by atoms with Crippen LogP contribution in [0, 0.1) is 6.92 Å². The fourth-order valence-corrected chi connectivity index (χ4v) is 2.47. The highest BCUT2D eigenvalue weighted by Crippen LogP contribution is 2.17. The summed E-state index contributed by atoms with van der Waals surface area (Å²) in [5.74, 6) is 1.07. The van der Waals surface area contributed by atoms with Crippen LogP contribution in [0.3, 0.4) is 0 Å². The molecule has 0 aliphatic heterocycles. The Morgan fingerprint density at radius 1 is 1.37 bits per heavy atom. The summed E-state index contributed by atoms with van der Waals surface area (Å²) in [6.07, 6.45) is 0.503. The molecule has 1 N–H and O–H groups in total. The topological polar surface area (TPSA) is 68.3 Å².